The summed E-state index contributed by atoms with van der Waals surface area (Å²) in [6.45, 7) is 8.29. The fourth-order valence-corrected chi connectivity index (χ4v) is 2.45. The van der Waals surface area contributed by atoms with Crippen LogP contribution >= 0.6 is 0 Å². The number of nitrogens with zero attached hydrogens (tertiary/aromatic N) is 3. The molecule has 2 unspecified atom stereocenters. The number of anilines is 1. The van der Waals surface area contributed by atoms with Gasteiger partial charge in [-0.1, -0.05) is 0 Å². The van der Waals surface area contributed by atoms with Crippen molar-refractivity contribution in [2.45, 2.75) is 39.0 Å². The molecule has 1 saturated heterocycles. The van der Waals surface area contributed by atoms with Crippen LogP contribution in [-0.2, 0) is 0 Å². The number of likely N-dealkylation sites (N-methyl/N-ethyl adjacent to an activating group) is 1. The molecule has 1 aromatic heterocycles. The van der Waals surface area contributed by atoms with E-state index in [9.17, 15) is 5.11 Å². The average molecular weight is 249 g/mol. The lowest BCUT2D eigenvalue weighted by Crippen LogP contribution is -2.55. The van der Waals surface area contributed by atoms with Crippen molar-refractivity contribution in [3.63, 3.8) is 0 Å². The summed E-state index contributed by atoms with van der Waals surface area (Å²) in [4.78, 5) is 9.10. The van der Waals surface area contributed by atoms with Gasteiger partial charge in [-0.3, -0.25) is 9.88 Å². The minimum absolute atomic E-state index is 0.496. The van der Waals surface area contributed by atoms with E-state index in [1.807, 2.05) is 12.3 Å². The fourth-order valence-electron chi connectivity index (χ4n) is 2.45. The topological polar surface area (TPSA) is 39.6 Å². The third-order valence-electron chi connectivity index (χ3n) is 3.92. The Morgan fingerprint density at radius 3 is 2.33 bits per heavy atom. The summed E-state index contributed by atoms with van der Waals surface area (Å²) in [6, 6.07) is 5.06. The molecule has 0 radical (unpaired) electrons. The Kier molecular flexibility index (Phi) is 3.88. The van der Waals surface area contributed by atoms with E-state index in [0.29, 0.717) is 12.1 Å². The molecular formula is C14H23N3O. The van der Waals surface area contributed by atoms with Crippen LogP contribution in [0.2, 0.25) is 0 Å². The molecule has 0 spiro atoms. The number of hydrogen-bond donors (Lipinski definition) is 1. The first-order valence-corrected chi connectivity index (χ1v) is 6.60. The highest BCUT2D eigenvalue weighted by Gasteiger charge is 2.26. The zero-order valence-corrected chi connectivity index (χ0v) is 11.7. The smallest absolute Gasteiger partial charge is 0.0931 e. The molecule has 0 aromatic carbocycles. The maximum atomic E-state index is 9.46. The Labute approximate surface area is 109 Å². The quantitative estimate of drug-likeness (QED) is 0.865. The van der Waals surface area contributed by atoms with Gasteiger partial charge < -0.3 is 10.0 Å². The molecule has 1 N–H and O–H groups in total. The average Bonchev–Trinajstić information content (AvgIpc) is 2.35. The third kappa shape index (κ3) is 2.65. The summed E-state index contributed by atoms with van der Waals surface area (Å²) in [5.41, 5.74) is 1.88. The van der Waals surface area contributed by atoms with Crippen LogP contribution in [0.3, 0.4) is 0 Å². The molecule has 2 heterocycles. The molecule has 0 aliphatic carbocycles. The highest BCUT2D eigenvalue weighted by atomic mass is 16.3. The largest absolute Gasteiger partial charge is 0.387 e. The maximum Gasteiger partial charge on any atom is 0.0931 e. The number of aliphatic hydroxyl groups excluding tert-OH is 1. The van der Waals surface area contributed by atoms with Crippen molar-refractivity contribution in [2.24, 2.45) is 0 Å². The summed E-state index contributed by atoms with van der Waals surface area (Å²) in [5, 5.41) is 9.46. The second kappa shape index (κ2) is 5.24. The number of pyridine rings is 1. The van der Waals surface area contributed by atoms with Crippen LogP contribution in [0.25, 0.3) is 0 Å². The lowest BCUT2D eigenvalue weighted by atomic mass is 10.1. The van der Waals surface area contributed by atoms with Gasteiger partial charge in [0.25, 0.3) is 0 Å². The summed E-state index contributed by atoms with van der Waals surface area (Å²) >= 11 is 0. The van der Waals surface area contributed by atoms with E-state index in [2.05, 4.69) is 41.7 Å². The molecule has 4 nitrogen and oxygen atoms in total. The van der Waals surface area contributed by atoms with Gasteiger partial charge in [-0.2, -0.15) is 0 Å². The third-order valence-corrected chi connectivity index (χ3v) is 3.92. The number of piperazine rings is 1. The molecule has 0 bridgehead atoms. The molecule has 1 aliphatic heterocycles. The minimum atomic E-state index is -0.496. The van der Waals surface area contributed by atoms with E-state index >= 15 is 0 Å². The molecule has 1 aromatic rings. The minimum Gasteiger partial charge on any atom is -0.387 e. The Morgan fingerprint density at radius 2 is 1.89 bits per heavy atom. The van der Waals surface area contributed by atoms with Crippen LogP contribution in [-0.4, -0.2) is 47.2 Å². The van der Waals surface area contributed by atoms with Crippen molar-refractivity contribution in [1.29, 1.82) is 0 Å². The zero-order chi connectivity index (χ0) is 13.3. The number of rotatable bonds is 2. The molecular weight excluding hydrogens is 226 g/mol. The van der Waals surface area contributed by atoms with E-state index in [-0.39, 0.29) is 0 Å². The SMILES string of the molecule is CC1CN(c2ccc([C@H](C)O)nc2)CC(C)N1C. The lowest BCUT2D eigenvalue weighted by Gasteiger charge is -2.43. The molecule has 2 rings (SSSR count). The van der Waals surface area contributed by atoms with Gasteiger partial charge >= 0.3 is 0 Å². The van der Waals surface area contributed by atoms with Crippen LogP contribution in [0.5, 0.6) is 0 Å². The maximum absolute atomic E-state index is 9.46. The summed E-state index contributed by atoms with van der Waals surface area (Å²) in [6.07, 6.45) is 1.37. The molecule has 1 fully saturated rings. The van der Waals surface area contributed by atoms with E-state index < -0.39 is 6.10 Å². The van der Waals surface area contributed by atoms with E-state index in [4.69, 9.17) is 0 Å². The highest BCUT2D eigenvalue weighted by molar-refractivity contribution is 5.45. The number of aliphatic hydroxyl groups is 1. The van der Waals surface area contributed by atoms with Gasteiger partial charge in [0.2, 0.25) is 0 Å². The predicted octanol–water partition coefficient (Wildman–Crippen LogP) is 1.66. The standard InChI is InChI=1S/C14H23N3O/c1-10-8-17(9-11(2)16(10)4)13-5-6-14(12(3)18)15-7-13/h5-7,10-12,18H,8-9H2,1-4H3/t10?,11?,12-/m0/s1. The summed E-state index contributed by atoms with van der Waals surface area (Å²) < 4.78 is 0. The molecule has 1 aliphatic rings. The predicted molar refractivity (Wildman–Crippen MR) is 73.8 cm³/mol. The van der Waals surface area contributed by atoms with Crippen LogP contribution in [0.4, 0.5) is 5.69 Å². The molecule has 100 valence electrons. The first-order chi connectivity index (χ1) is 8.49. The van der Waals surface area contributed by atoms with E-state index in [1.54, 1.807) is 6.92 Å². The molecule has 0 amide bonds. The number of hydrogen-bond acceptors (Lipinski definition) is 4. The van der Waals surface area contributed by atoms with Crippen LogP contribution < -0.4 is 4.90 Å². The number of aromatic nitrogens is 1. The first-order valence-electron chi connectivity index (χ1n) is 6.60. The van der Waals surface area contributed by atoms with E-state index in [1.165, 1.54) is 0 Å². The molecule has 3 atom stereocenters. The van der Waals surface area contributed by atoms with Gasteiger partial charge in [0, 0.05) is 25.2 Å². The lowest BCUT2D eigenvalue weighted by molar-refractivity contribution is 0.170. The van der Waals surface area contributed by atoms with Crippen molar-refractivity contribution in [1.82, 2.24) is 9.88 Å². The second-order valence-electron chi connectivity index (χ2n) is 5.39. The normalized spacial score (nSPS) is 27.3. The fraction of sp³-hybridized carbons (Fsp3) is 0.643. The van der Waals surface area contributed by atoms with Crippen LogP contribution in [0.1, 0.15) is 32.6 Å². The van der Waals surface area contributed by atoms with Gasteiger partial charge in [0.1, 0.15) is 0 Å². The van der Waals surface area contributed by atoms with Crippen LogP contribution in [0, 0.1) is 0 Å². The van der Waals surface area contributed by atoms with Crippen molar-refractivity contribution < 1.29 is 5.11 Å². The van der Waals surface area contributed by atoms with E-state index in [0.717, 1.165) is 24.5 Å². The zero-order valence-electron chi connectivity index (χ0n) is 11.7. The van der Waals surface area contributed by atoms with Crippen molar-refractivity contribution in [2.75, 3.05) is 25.0 Å². The van der Waals surface area contributed by atoms with Crippen LogP contribution in [0.15, 0.2) is 18.3 Å². The van der Waals surface area contributed by atoms with Gasteiger partial charge in [-0.15, -0.1) is 0 Å². The van der Waals surface area contributed by atoms with Gasteiger partial charge in [0.15, 0.2) is 0 Å². The van der Waals surface area contributed by atoms with Gasteiger partial charge in [-0.05, 0) is 40.0 Å². The van der Waals surface area contributed by atoms with Crippen molar-refractivity contribution in [3.8, 4) is 0 Å². The monoisotopic (exact) mass is 249 g/mol. The molecule has 0 saturated carbocycles. The van der Waals surface area contributed by atoms with Gasteiger partial charge in [0.05, 0.1) is 23.7 Å². The first kappa shape index (κ1) is 13.3. The molecule has 4 heteroatoms. The summed E-state index contributed by atoms with van der Waals surface area (Å²) in [7, 11) is 2.18. The van der Waals surface area contributed by atoms with Crippen molar-refractivity contribution >= 4 is 5.69 Å². The summed E-state index contributed by atoms with van der Waals surface area (Å²) in [5.74, 6) is 0. The Morgan fingerprint density at radius 1 is 1.28 bits per heavy atom. The molecule has 18 heavy (non-hydrogen) atoms. The highest BCUT2D eigenvalue weighted by Crippen LogP contribution is 2.21. The Hall–Kier alpha value is -1.13. The second-order valence-corrected chi connectivity index (χ2v) is 5.39. The van der Waals surface area contributed by atoms with Gasteiger partial charge in [-0.25, -0.2) is 0 Å². The van der Waals surface area contributed by atoms with Crippen molar-refractivity contribution in [3.05, 3.63) is 24.0 Å². The Bertz CT molecular complexity index is 379. The Balaban J connectivity index is 2.12.